The lowest BCUT2D eigenvalue weighted by atomic mass is 9.97. The zero-order valence-electron chi connectivity index (χ0n) is 25.1. The first-order valence-corrected chi connectivity index (χ1v) is 15.5. The smallest absolute Gasteiger partial charge is 0.459 e. The topological polar surface area (TPSA) is 185 Å². The van der Waals surface area contributed by atoms with E-state index in [0.29, 0.717) is 5.39 Å². The number of nitrogens with two attached hydrogens (primary N) is 1. The third-order valence-corrected chi connectivity index (χ3v) is 8.73. The molecule has 17 heteroatoms. The zero-order valence-corrected chi connectivity index (χ0v) is 26.0. The molecule has 2 aromatic heterocycles. The van der Waals surface area contributed by atoms with Crippen molar-refractivity contribution in [3.63, 3.8) is 0 Å². The number of ether oxygens (including phenoxy) is 2. The van der Waals surface area contributed by atoms with Crippen LogP contribution in [0.25, 0.3) is 21.9 Å². The van der Waals surface area contributed by atoms with Crippen LogP contribution in [0.5, 0.6) is 5.75 Å². The fourth-order valence-corrected chi connectivity index (χ4v) is 6.46. The second-order valence-corrected chi connectivity index (χ2v) is 12.7. The summed E-state index contributed by atoms with van der Waals surface area (Å²) in [5, 5.41) is 17.4. The van der Waals surface area contributed by atoms with E-state index < -0.39 is 56.3 Å². The number of rotatable bonds is 11. The normalized spacial score (nSPS) is 25.4. The van der Waals surface area contributed by atoms with Crippen LogP contribution in [0.3, 0.4) is 0 Å². The summed E-state index contributed by atoms with van der Waals surface area (Å²) >= 11 is 0. The quantitative estimate of drug-likeness (QED) is 0.135. The number of benzene rings is 2. The van der Waals surface area contributed by atoms with Gasteiger partial charge in [0.1, 0.15) is 18.4 Å². The van der Waals surface area contributed by atoms with Crippen molar-refractivity contribution < 1.29 is 41.8 Å². The van der Waals surface area contributed by atoms with E-state index in [0.717, 1.165) is 23.2 Å². The lowest BCUT2D eigenvalue weighted by Crippen LogP contribution is -2.47. The van der Waals surface area contributed by atoms with Crippen molar-refractivity contribution in [2.24, 2.45) is 0 Å². The van der Waals surface area contributed by atoms with E-state index in [-0.39, 0.29) is 28.7 Å². The number of anilines is 2. The van der Waals surface area contributed by atoms with Gasteiger partial charge in [0.25, 0.3) is 5.85 Å². The van der Waals surface area contributed by atoms with Gasteiger partial charge >= 0.3 is 13.7 Å². The van der Waals surface area contributed by atoms with Crippen LogP contribution in [0.2, 0.25) is 0 Å². The molecule has 1 fully saturated rings. The Morgan fingerprint density at radius 3 is 2.62 bits per heavy atom. The molecule has 3 heterocycles. The van der Waals surface area contributed by atoms with Crippen LogP contribution in [-0.2, 0) is 23.4 Å². The van der Waals surface area contributed by atoms with Crippen LogP contribution >= 0.6 is 7.75 Å². The van der Waals surface area contributed by atoms with Crippen LogP contribution in [0.4, 0.5) is 20.5 Å². The highest BCUT2D eigenvalue weighted by Gasteiger charge is 2.65. The number of nitrogens with one attached hydrogen (secondary N) is 2. The van der Waals surface area contributed by atoms with Crippen LogP contribution in [0, 0.1) is 0 Å². The number of halogens is 2. The first kappa shape index (κ1) is 32.4. The fourth-order valence-electron chi connectivity index (χ4n) is 4.93. The van der Waals surface area contributed by atoms with E-state index in [9.17, 15) is 14.5 Å². The Morgan fingerprint density at radius 1 is 1.20 bits per heavy atom. The number of esters is 1. The molecule has 242 valence electrons. The lowest BCUT2D eigenvalue weighted by Gasteiger charge is -2.28. The third kappa shape index (κ3) is 6.29. The number of alkyl halides is 2. The SMILES string of the molecule is CNc1nc(N)nc2c1ncn2[C@@H]1O[C@](F)(CO[P@](=O)(N[C@@H](C)C(=O)OC(C)C)Oc2cccc3ccccc23)[C@@H](O)[C@@]1(C)F. The fraction of sp³-hybridized carbons (Fsp3) is 0.429. The Morgan fingerprint density at radius 2 is 1.91 bits per heavy atom. The van der Waals surface area contributed by atoms with Crippen molar-refractivity contribution in [1.29, 1.82) is 0 Å². The molecule has 1 saturated heterocycles. The van der Waals surface area contributed by atoms with Crippen molar-refractivity contribution in [1.82, 2.24) is 24.6 Å². The number of aliphatic hydroxyl groups is 1. The van der Waals surface area contributed by atoms with Gasteiger partial charge in [-0.1, -0.05) is 36.4 Å². The molecule has 0 bridgehead atoms. The molecule has 4 aromatic rings. The highest BCUT2D eigenvalue weighted by Crippen LogP contribution is 2.52. The molecular formula is C28H34F2N7O7P. The number of aliphatic hydroxyl groups excluding tert-OH is 1. The van der Waals surface area contributed by atoms with Gasteiger partial charge in [-0.05, 0) is 39.1 Å². The molecule has 0 saturated carbocycles. The average molecular weight is 650 g/mol. The van der Waals surface area contributed by atoms with Gasteiger partial charge in [-0.2, -0.15) is 15.1 Å². The summed E-state index contributed by atoms with van der Waals surface area (Å²) in [5.41, 5.74) is 3.20. The number of hydrogen-bond acceptors (Lipinski definition) is 12. The van der Waals surface area contributed by atoms with Crippen molar-refractivity contribution in [2.45, 2.75) is 63.7 Å². The number of hydrogen-bond donors (Lipinski definition) is 4. The number of fused-ring (bicyclic) bond motifs is 2. The van der Waals surface area contributed by atoms with Crippen molar-refractivity contribution in [3.8, 4) is 5.75 Å². The Hall–Kier alpha value is -3.95. The number of carbonyl (C=O) groups is 1. The monoisotopic (exact) mass is 649 g/mol. The summed E-state index contributed by atoms with van der Waals surface area (Å²) in [7, 11) is -3.10. The molecule has 14 nitrogen and oxygen atoms in total. The summed E-state index contributed by atoms with van der Waals surface area (Å²) in [6.07, 6.45) is -3.62. The highest BCUT2D eigenvalue weighted by molar-refractivity contribution is 7.52. The second-order valence-electron chi connectivity index (χ2n) is 11.0. The predicted molar refractivity (Wildman–Crippen MR) is 161 cm³/mol. The molecule has 6 atom stereocenters. The van der Waals surface area contributed by atoms with Gasteiger partial charge in [0, 0.05) is 12.4 Å². The maximum absolute atomic E-state index is 16.4. The minimum atomic E-state index is -4.67. The maximum atomic E-state index is 16.4. The first-order valence-electron chi connectivity index (χ1n) is 14.0. The Kier molecular flexibility index (Phi) is 8.72. The van der Waals surface area contributed by atoms with Crippen LogP contribution in [0.15, 0.2) is 48.8 Å². The number of imidazole rings is 1. The standard InChI is InChI=1S/C28H34F2N7O7P/c1-15(2)42-23(38)16(3)36-45(40,44-19-12-8-10-17-9-6-7-11-18(17)19)41-13-28(30)24(39)27(4,29)25(43-28)37-14-33-20-21(32-5)34-26(31)35-22(20)37/h6-12,14-16,24-25,39H,13H2,1-5H3,(H,36,40)(H3,31,32,34,35)/t16-,24-,25+,27+,28+,45+/m0/s1. The van der Waals surface area contributed by atoms with E-state index in [1.807, 2.05) is 0 Å². The van der Waals surface area contributed by atoms with Crippen molar-refractivity contribution in [2.75, 3.05) is 24.7 Å². The first-order chi connectivity index (χ1) is 21.2. The minimum absolute atomic E-state index is 0.00205. The number of aromatic nitrogens is 4. The average Bonchev–Trinajstić information content (AvgIpc) is 3.48. The van der Waals surface area contributed by atoms with Gasteiger partial charge < -0.3 is 30.2 Å². The Labute approximate surface area is 256 Å². The molecule has 2 aromatic carbocycles. The Balaban J connectivity index is 1.45. The molecular weight excluding hydrogens is 615 g/mol. The predicted octanol–water partition coefficient (Wildman–Crippen LogP) is 4.02. The molecule has 5 rings (SSSR count). The van der Waals surface area contributed by atoms with Gasteiger partial charge in [-0.25, -0.2) is 18.3 Å². The largest absolute Gasteiger partial charge is 0.462 e. The van der Waals surface area contributed by atoms with E-state index in [1.165, 1.54) is 13.0 Å². The summed E-state index contributed by atoms with van der Waals surface area (Å²) in [6.45, 7) is 4.26. The van der Waals surface area contributed by atoms with Crippen LogP contribution < -0.4 is 20.7 Å². The number of nitrogens with zero attached hydrogens (tertiary/aromatic N) is 4. The third-order valence-electron chi connectivity index (χ3n) is 7.12. The summed E-state index contributed by atoms with van der Waals surface area (Å²) in [6, 6.07) is 10.7. The zero-order chi connectivity index (χ0) is 32.7. The van der Waals surface area contributed by atoms with Gasteiger partial charge in [0.15, 0.2) is 35.0 Å². The van der Waals surface area contributed by atoms with Crippen LogP contribution in [-0.4, -0.2) is 74.0 Å². The molecule has 0 radical (unpaired) electrons. The van der Waals surface area contributed by atoms with Crippen LogP contribution in [0.1, 0.15) is 33.9 Å². The molecule has 0 aliphatic carbocycles. The minimum Gasteiger partial charge on any atom is -0.462 e. The number of nitrogen functional groups attached to an aromatic ring is 1. The summed E-state index contributed by atoms with van der Waals surface area (Å²) in [5.74, 6) is -3.91. The number of carbonyl (C=O) groups excluding carboxylic acids is 1. The maximum Gasteiger partial charge on any atom is 0.459 e. The molecule has 1 aliphatic heterocycles. The molecule has 0 amide bonds. The van der Waals surface area contributed by atoms with Gasteiger partial charge in [-0.15, -0.1) is 0 Å². The second kappa shape index (κ2) is 12.1. The van der Waals surface area contributed by atoms with Gasteiger partial charge in [0.2, 0.25) is 5.95 Å². The van der Waals surface area contributed by atoms with E-state index in [2.05, 4.69) is 25.4 Å². The molecule has 5 N–H and O–H groups in total. The van der Waals surface area contributed by atoms with Gasteiger partial charge in [-0.3, -0.25) is 13.9 Å². The molecule has 0 unspecified atom stereocenters. The molecule has 45 heavy (non-hydrogen) atoms. The van der Waals surface area contributed by atoms with E-state index >= 15 is 8.78 Å². The molecule has 0 spiro atoms. The van der Waals surface area contributed by atoms with Crippen molar-refractivity contribution >= 4 is 47.4 Å². The highest BCUT2D eigenvalue weighted by atomic mass is 31.2. The van der Waals surface area contributed by atoms with Crippen molar-refractivity contribution in [3.05, 3.63) is 48.8 Å². The van der Waals surface area contributed by atoms with E-state index in [1.54, 1.807) is 57.3 Å². The van der Waals surface area contributed by atoms with Gasteiger partial charge in [0.05, 0.1) is 12.4 Å². The summed E-state index contributed by atoms with van der Waals surface area (Å²) in [4.78, 5) is 24.8. The lowest BCUT2D eigenvalue weighted by molar-refractivity contribution is -0.202. The van der Waals surface area contributed by atoms with E-state index in [4.69, 9.17) is 24.3 Å². The summed E-state index contributed by atoms with van der Waals surface area (Å²) < 4.78 is 69.7. The molecule has 1 aliphatic rings. The Bertz CT molecular complexity index is 1770.